The number of esters is 2. The first kappa shape index (κ1) is 14.1. The molecule has 0 aromatic rings. The monoisotopic (exact) mass is 216 g/mol. The summed E-state index contributed by atoms with van der Waals surface area (Å²) in [5.41, 5.74) is -1.54. The Morgan fingerprint density at radius 1 is 1.27 bits per heavy atom. The third-order valence-corrected chi connectivity index (χ3v) is 2.19. The fraction of sp³-hybridized carbons (Fsp3) is 0.818. The van der Waals surface area contributed by atoms with Gasteiger partial charge in [0.2, 0.25) is 0 Å². The molecule has 0 aromatic heterocycles. The van der Waals surface area contributed by atoms with Crippen molar-refractivity contribution in [3.05, 3.63) is 0 Å². The molecule has 0 fully saturated rings. The maximum atomic E-state index is 11.2. The Labute approximate surface area is 90.6 Å². The summed E-state index contributed by atoms with van der Waals surface area (Å²) in [7, 11) is 0. The first-order chi connectivity index (χ1) is 6.90. The van der Waals surface area contributed by atoms with Gasteiger partial charge in [0.05, 0.1) is 0 Å². The summed E-state index contributed by atoms with van der Waals surface area (Å²) in [5.74, 6) is -1.54. The molecular formula is C11H20O4. The van der Waals surface area contributed by atoms with Gasteiger partial charge < -0.3 is 9.84 Å². The van der Waals surface area contributed by atoms with Gasteiger partial charge in [0, 0.05) is 6.92 Å². The summed E-state index contributed by atoms with van der Waals surface area (Å²) >= 11 is 0. The van der Waals surface area contributed by atoms with Gasteiger partial charge in [-0.05, 0) is 19.8 Å². The standard InChI is InChI=1S/C11H20O4/c1-4-5-6-7-8-11(3,14)10(13)15-9(2)12/h14H,4-8H2,1-3H3. The predicted molar refractivity (Wildman–Crippen MR) is 56.2 cm³/mol. The Balaban J connectivity index is 3.94. The number of hydrogen-bond donors (Lipinski definition) is 1. The van der Waals surface area contributed by atoms with E-state index in [0.717, 1.165) is 32.6 Å². The first-order valence-corrected chi connectivity index (χ1v) is 5.35. The topological polar surface area (TPSA) is 63.6 Å². The van der Waals surface area contributed by atoms with Gasteiger partial charge in [-0.3, -0.25) is 4.79 Å². The zero-order valence-electron chi connectivity index (χ0n) is 9.71. The average Bonchev–Trinajstić information content (AvgIpc) is 2.11. The molecule has 0 heterocycles. The fourth-order valence-corrected chi connectivity index (χ4v) is 1.24. The molecule has 4 heteroatoms. The van der Waals surface area contributed by atoms with Crippen molar-refractivity contribution in [3.63, 3.8) is 0 Å². The summed E-state index contributed by atoms with van der Waals surface area (Å²) in [6, 6.07) is 0. The van der Waals surface area contributed by atoms with Crippen LogP contribution in [-0.4, -0.2) is 22.6 Å². The molecule has 0 radical (unpaired) electrons. The zero-order valence-corrected chi connectivity index (χ0v) is 9.71. The SMILES string of the molecule is CCCCCCC(C)(O)C(=O)OC(C)=O. The van der Waals surface area contributed by atoms with Gasteiger partial charge in [-0.25, -0.2) is 4.79 Å². The lowest BCUT2D eigenvalue weighted by atomic mass is 9.98. The van der Waals surface area contributed by atoms with E-state index in [0.29, 0.717) is 6.42 Å². The lowest BCUT2D eigenvalue weighted by molar-refractivity contribution is -0.172. The Bertz CT molecular complexity index is 221. The number of carbonyl (C=O) groups excluding carboxylic acids is 2. The lowest BCUT2D eigenvalue weighted by Gasteiger charge is -2.19. The van der Waals surface area contributed by atoms with Crippen LogP contribution in [0.4, 0.5) is 0 Å². The van der Waals surface area contributed by atoms with E-state index in [4.69, 9.17) is 0 Å². The molecule has 15 heavy (non-hydrogen) atoms. The maximum Gasteiger partial charge on any atom is 0.345 e. The molecule has 1 N–H and O–H groups in total. The molecule has 1 atom stereocenters. The van der Waals surface area contributed by atoms with Crippen LogP contribution in [0.5, 0.6) is 0 Å². The van der Waals surface area contributed by atoms with Crippen molar-refractivity contribution in [2.24, 2.45) is 0 Å². The third kappa shape index (κ3) is 6.23. The third-order valence-electron chi connectivity index (χ3n) is 2.19. The van der Waals surface area contributed by atoms with Crippen LogP contribution < -0.4 is 0 Å². The first-order valence-electron chi connectivity index (χ1n) is 5.35. The summed E-state index contributed by atoms with van der Waals surface area (Å²) in [4.78, 5) is 21.8. The molecule has 0 aromatic carbocycles. The highest BCUT2D eigenvalue weighted by molar-refractivity contribution is 5.89. The Kier molecular flexibility index (Phi) is 6.17. The molecule has 0 bridgehead atoms. The van der Waals surface area contributed by atoms with E-state index in [1.807, 2.05) is 0 Å². The summed E-state index contributed by atoms with van der Waals surface area (Å²) in [5, 5.41) is 9.70. The Morgan fingerprint density at radius 2 is 1.87 bits per heavy atom. The molecule has 0 saturated carbocycles. The smallest absolute Gasteiger partial charge is 0.345 e. The minimum atomic E-state index is -1.54. The van der Waals surface area contributed by atoms with Crippen molar-refractivity contribution in [1.82, 2.24) is 0 Å². The Morgan fingerprint density at radius 3 is 2.33 bits per heavy atom. The van der Waals surface area contributed by atoms with Crippen LogP contribution in [0.2, 0.25) is 0 Å². The van der Waals surface area contributed by atoms with Gasteiger partial charge in [-0.1, -0.05) is 26.2 Å². The van der Waals surface area contributed by atoms with Gasteiger partial charge in [0.1, 0.15) is 0 Å². The zero-order chi connectivity index (χ0) is 11.9. The van der Waals surface area contributed by atoms with E-state index in [-0.39, 0.29) is 0 Å². The normalized spacial score (nSPS) is 14.4. The van der Waals surface area contributed by atoms with Crippen molar-refractivity contribution in [2.75, 3.05) is 0 Å². The van der Waals surface area contributed by atoms with Crippen LogP contribution in [0.1, 0.15) is 52.9 Å². The minimum absolute atomic E-state index is 0.332. The van der Waals surface area contributed by atoms with E-state index >= 15 is 0 Å². The molecule has 0 aliphatic carbocycles. The quantitative estimate of drug-likeness (QED) is 0.417. The molecule has 0 amide bonds. The van der Waals surface area contributed by atoms with Crippen LogP contribution in [-0.2, 0) is 14.3 Å². The van der Waals surface area contributed by atoms with Crippen LogP contribution >= 0.6 is 0 Å². The molecule has 0 rings (SSSR count). The fourth-order valence-electron chi connectivity index (χ4n) is 1.24. The molecule has 0 aliphatic heterocycles. The second-order valence-corrected chi connectivity index (χ2v) is 3.97. The number of ether oxygens (including phenoxy) is 1. The number of aliphatic hydroxyl groups is 1. The number of rotatable bonds is 6. The summed E-state index contributed by atoms with van der Waals surface area (Å²) in [6.45, 7) is 4.61. The highest BCUT2D eigenvalue weighted by Gasteiger charge is 2.32. The van der Waals surface area contributed by atoms with E-state index in [1.165, 1.54) is 6.92 Å². The molecule has 88 valence electrons. The van der Waals surface area contributed by atoms with Crippen molar-refractivity contribution >= 4 is 11.9 Å². The van der Waals surface area contributed by atoms with Crippen LogP contribution in [0, 0.1) is 0 Å². The number of unbranched alkanes of at least 4 members (excludes halogenated alkanes) is 3. The lowest BCUT2D eigenvalue weighted by Crippen LogP contribution is -2.37. The molecule has 0 aliphatic rings. The molecule has 0 spiro atoms. The van der Waals surface area contributed by atoms with Gasteiger partial charge in [-0.15, -0.1) is 0 Å². The highest BCUT2D eigenvalue weighted by Crippen LogP contribution is 2.16. The van der Waals surface area contributed by atoms with Crippen molar-refractivity contribution < 1.29 is 19.4 Å². The summed E-state index contributed by atoms with van der Waals surface area (Å²) < 4.78 is 4.34. The van der Waals surface area contributed by atoms with Crippen LogP contribution in [0.25, 0.3) is 0 Å². The minimum Gasteiger partial charge on any atom is -0.391 e. The second kappa shape index (κ2) is 6.56. The van der Waals surface area contributed by atoms with Crippen molar-refractivity contribution in [3.8, 4) is 0 Å². The molecule has 4 nitrogen and oxygen atoms in total. The molecule has 0 saturated heterocycles. The maximum absolute atomic E-state index is 11.2. The van der Waals surface area contributed by atoms with Crippen LogP contribution in [0.3, 0.4) is 0 Å². The molecule has 1 unspecified atom stereocenters. The number of carbonyl (C=O) groups is 2. The van der Waals surface area contributed by atoms with E-state index in [2.05, 4.69) is 11.7 Å². The van der Waals surface area contributed by atoms with Crippen molar-refractivity contribution in [1.29, 1.82) is 0 Å². The van der Waals surface area contributed by atoms with Gasteiger partial charge >= 0.3 is 11.9 Å². The predicted octanol–water partition coefficient (Wildman–Crippen LogP) is 1.80. The summed E-state index contributed by atoms with van der Waals surface area (Å²) in [6.07, 6.45) is 4.24. The van der Waals surface area contributed by atoms with E-state index < -0.39 is 17.5 Å². The van der Waals surface area contributed by atoms with Crippen LogP contribution in [0.15, 0.2) is 0 Å². The number of hydrogen-bond acceptors (Lipinski definition) is 4. The van der Waals surface area contributed by atoms with Crippen molar-refractivity contribution in [2.45, 2.75) is 58.5 Å². The van der Waals surface area contributed by atoms with Gasteiger partial charge in [0.15, 0.2) is 5.60 Å². The highest BCUT2D eigenvalue weighted by atomic mass is 16.6. The van der Waals surface area contributed by atoms with E-state index in [9.17, 15) is 14.7 Å². The van der Waals surface area contributed by atoms with Gasteiger partial charge in [0.25, 0.3) is 0 Å². The van der Waals surface area contributed by atoms with Gasteiger partial charge in [-0.2, -0.15) is 0 Å². The average molecular weight is 216 g/mol. The molecular weight excluding hydrogens is 196 g/mol. The Hall–Kier alpha value is -0.900. The largest absolute Gasteiger partial charge is 0.391 e. The second-order valence-electron chi connectivity index (χ2n) is 3.97. The van der Waals surface area contributed by atoms with E-state index in [1.54, 1.807) is 0 Å².